The van der Waals surface area contributed by atoms with Crippen molar-refractivity contribution < 1.29 is 0 Å². The Morgan fingerprint density at radius 1 is 1.42 bits per heavy atom. The summed E-state index contributed by atoms with van der Waals surface area (Å²) in [5.41, 5.74) is 5.17. The number of benzene rings is 1. The van der Waals surface area contributed by atoms with E-state index in [0.29, 0.717) is 5.92 Å². The first-order chi connectivity index (χ1) is 9.06. The zero-order valence-electron chi connectivity index (χ0n) is 12.2. The SMILES string of the molecule is C=C(/C=C\c1cc(CN2CNC2)ccc1C)C(C)C. The van der Waals surface area contributed by atoms with Crippen LogP contribution in [-0.4, -0.2) is 18.2 Å². The number of hydrogen-bond donors (Lipinski definition) is 1. The molecule has 0 bridgehead atoms. The van der Waals surface area contributed by atoms with E-state index in [9.17, 15) is 0 Å². The van der Waals surface area contributed by atoms with E-state index in [1.165, 1.54) is 22.3 Å². The fraction of sp³-hybridized carbons (Fsp3) is 0.412. The predicted octanol–water partition coefficient (Wildman–Crippen LogP) is 3.54. The van der Waals surface area contributed by atoms with Gasteiger partial charge in [0.05, 0.1) is 13.3 Å². The number of rotatable bonds is 5. The normalized spacial score (nSPS) is 16.0. The second-order valence-electron chi connectivity index (χ2n) is 5.65. The summed E-state index contributed by atoms with van der Waals surface area (Å²) in [6.45, 7) is 13.6. The molecule has 1 fully saturated rings. The quantitative estimate of drug-likeness (QED) is 0.811. The Labute approximate surface area is 116 Å². The van der Waals surface area contributed by atoms with Crippen LogP contribution in [0.4, 0.5) is 0 Å². The Balaban J connectivity index is 2.10. The Morgan fingerprint density at radius 2 is 2.16 bits per heavy atom. The monoisotopic (exact) mass is 256 g/mol. The van der Waals surface area contributed by atoms with Crippen LogP contribution in [-0.2, 0) is 6.54 Å². The van der Waals surface area contributed by atoms with Crippen molar-refractivity contribution >= 4 is 6.08 Å². The van der Waals surface area contributed by atoms with Crippen LogP contribution in [0.3, 0.4) is 0 Å². The van der Waals surface area contributed by atoms with E-state index in [2.05, 4.69) is 67.9 Å². The maximum Gasteiger partial charge on any atom is 0.0506 e. The smallest absolute Gasteiger partial charge is 0.0506 e. The molecule has 0 aromatic heterocycles. The minimum Gasteiger partial charge on any atom is -0.291 e. The minimum absolute atomic E-state index is 0.506. The molecule has 0 aliphatic carbocycles. The molecule has 0 saturated carbocycles. The lowest BCUT2D eigenvalue weighted by Crippen LogP contribution is -2.51. The van der Waals surface area contributed by atoms with Gasteiger partial charge >= 0.3 is 0 Å². The molecule has 1 aromatic rings. The lowest BCUT2D eigenvalue weighted by Gasteiger charge is -2.32. The van der Waals surface area contributed by atoms with Crippen LogP contribution in [0.2, 0.25) is 0 Å². The standard InChI is InChI=1S/C17H24N2/c1-13(2)14(3)6-8-17-9-16(7-5-15(17)4)10-19-11-18-12-19/h5-9,13,18H,3,10-12H2,1-2,4H3/b8-6-. The summed E-state index contributed by atoms with van der Waals surface area (Å²) in [7, 11) is 0. The van der Waals surface area contributed by atoms with Gasteiger partial charge in [0.25, 0.3) is 0 Å². The molecule has 2 heteroatoms. The van der Waals surface area contributed by atoms with Crippen molar-refractivity contribution in [1.82, 2.24) is 10.2 Å². The van der Waals surface area contributed by atoms with Gasteiger partial charge < -0.3 is 0 Å². The second-order valence-corrected chi connectivity index (χ2v) is 5.65. The Morgan fingerprint density at radius 3 is 2.74 bits per heavy atom. The molecule has 1 heterocycles. The zero-order valence-corrected chi connectivity index (χ0v) is 12.2. The van der Waals surface area contributed by atoms with Crippen molar-refractivity contribution in [3.63, 3.8) is 0 Å². The molecule has 1 saturated heterocycles. The number of nitrogens with zero attached hydrogens (tertiary/aromatic N) is 1. The predicted molar refractivity (Wildman–Crippen MR) is 82.6 cm³/mol. The molecule has 1 aromatic carbocycles. The van der Waals surface area contributed by atoms with E-state index in [4.69, 9.17) is 0 Å². The molecule has 0 atom stereocenters. The Hall–Kier alpha value is -1.38. The van der Waals surface area contributed by atoms with E-state index >= 15 is 0 Å². The van der Waals surface area contributed by atoms with Crippen LogP contribution in [0.1, 0.15) is 30.5 Å². The van der Waals surface area contributed by atoms with Crippen LogP contribution < -0.4 is 5.32 Å². The van der Waals surface area contributed by atoms with Gasteiger partial charge in [-0.25, -0.2) is 0 Å². The first-order valence-corrected chi connectivity index (χ1v) is 6.95. The van der Waals surface area contributed by atoms with Crippen molar-refractivity contribution in [2.24, 2.45) is 5.92 Å². The summed E-state index contributed by atoms with van der Waals surface area (Å²) in [6.07, 6.45) is 4.33. The molecule has 0 amide bonds. The number of nitrogens with one attached hydrogen (secondary N) is 1. The maximum atomic E-state index is 4.09. The second kappa shape index (κ2) is 6.18. The highest BCUT2D eigenvalue weighted by Gasteiger charge is 2.12. The first kappa shape index (κ1) is 14.0. The van der Waals surface area contributed by atoms with E-state index in [-0.39, 0.29) is 0 Å². The summed E-state index contributed by atoms with van der Waals surface area (Å²) in [4.78, 5) is 2.38. The third-order valence-corrected chi connectivity index (χ3v) is 3.64. The molecular weight excluding hydrogens is 232 g/mol. The molecule has 19 heavy (non-hydrogen) atoms. The van der Waals surface area contributed by atoms with Gasteiger partial charge in [-0.05, 0) is 29.5 Å². The summed E-state index contributed by atoms with van der Waals surface area (Å²) in [5, 5.41) is 3.26. The molecule has 1 aliphatic heterocycles. The molecule has 1 N–H and O–H groups in total. The van der Waals surface area contributed by atoms with Gasteiger partial charge in [-0.1, -0.05) is 56.4 Å². The van der Waals surface area contributed by atoms with Crippen LogP contribution in [0.25, 0.3) is 6.08 Å². The third-order valence-electron chi connectivity index (χ3n) is 3.64. The van der Waals surface area contributed by atoms with Crippen molar-refractivity contribution in [3.05, 3.63) is 53.1 Å². The molecular formula is C17H24N2. The van der Waals surface area contributed by atoms with Gasteiger partial charge in [0.2, 0.25) is 0 Å². The Kier molecular flexibility index (Phi) is 4.56. The molecule has 102 valence electrons. The van der Waals surface area contributed by atoms with Crippen molar-refractivity contribution in [2.45, 2.75) is 27.3 Å². The average molecular weight is 256 g/mol. The van der Waals surface area contributed by atoms with Crippen LogP contribution in [0, 0.1) is 12.8 Å². The summed E-state index contributed by atoms with van der Waals surface area (Å²) in [6, 6.07) is 6.72. The van der Waals surface area contributed by atoms with Gasteiger partial charge in [0.15, 0.2) is 0 Å². The van der Waals surface area contributed by atoms with Gasteiger partial charge in [-0.3, -0.25) is 10.2 Å². The lowest BCUT2D eigenvalue weighted by atomic mass is 10.0. The first-order valence-electron chi connectivity index (χ1n) is 6.95. The lowest BCUT2D eigenvalue weighted by molar-refractivity contribution is 0.130. The fourth-order valence-corrected chi connectivity index (χ4v) is 2.00. The van der Waals surface area contributed by atoms with E-state index < -0.39 is 0 Å². The van der Waals surface area contributed by atoms with Crippen LogP contribution in [0.5, 0.6) is 0 Å². The molecule has 1 aliphatic rings. The molecule has 2 rings (SSSR count). The zero-order chi connectivity index (χ0) is 13.8. The largest absolute Gasteiger partial charge is 0.291 e. The maximum absolute atomic E-state index is 4.09. The highest BCUT2D eigenvalue weighted by molar-refractivity contribution is 5.57. The summed E-state index contributed by atoms with van der Waals surface area (Å²) < 4.78 is 0. The third kappa shape index (κ3) is 3.79. The number of allylic oxidation sites excluding steroid dienone is 2. The van der Waals surface area contributed by atoms with E-state index in [1.54, 1.807) is 0 Å². The number of hydrogen-bond acceptors (Lipinski definition) is 2. The van der Waals surface area contributed by atoms with Crippen molar-refractivity contribution in [1.29, 1.82) is 0 Å². The van der Waals surface area contributed by atoms with Gasteiger partial charge in [0.1, 0.15) is 0 Å². The average Bonchev–Trinajstić information content (AvgIpc) is 2.33. The van der Waals surface area contributed by atoms with Crippen LogP contribution >= 0.6 is 0 Å². The molecule has 0 spiro atoms. The van der Waals surface area contributed by atoms with Gasteiger partial charge in [0, 0.05) is 6.54 Å². The van der Waals surface area contributed by atoms with E-state index in [0.717, 1.165) is 19.9 Å². The summed E-state index contributed by atoms with van der Waals surface area (Å²) in [5.74, 6) is 0.506. The fourth-order valence-electron chi connectivity index (χ4n) is 2.00. The van der Waals surface area contributed by atoms with Crippen molar-refractivity contribution in [3.8, 4) is 0 Å². The minimum atomic E-state index is 0.506. The molecule has 2 nitrogen and oxygen atoms in total. The topological polar surface area (TPSA) is 15.3 Å². The van der Waals surface area contributed by atoms with Crippen LogP contribution in [0.15, 0.2) is 36.4 Å². The molecule has 0 unspecified atom stereocenters. The Bertz CT molecular complexity index is 482. The highest BCUT2D eigenvalue weighted by atomic mass is 15.4. The van der Waals surface area contributed by atoms with Gasteiger partial charge in [-0.2, -0.15) is 0 Å². The highest BCUT2D eigenvalue weighted by Crippen LogP contribution is 2.17. The van der Waals surface area contributed by atoms with Gasteiger partial charge in [-0.15, -0.1) is 0 Å². The van der Waals surface area contributed by atoms with Crippen molar-refractivity contribution in [2.75, 3.05) is 13.3 Å². The molecule has 0 radical (unpaired) electrons. The summed E-state index contributed by atoms with van der Waals surface area (Å²) >= 11 is 0. The van der Waals surface area contributed by atoms with E-state index in [1.807, 2.05) is 0 Å². The number of aryl methyl sites for hydroxylation is 1.